The Morgan fingerprint density at radius 2 is 1.81 bits per heavy atom. The van der Waals surface area contributed by atoms with Gasteiger partial charge in [0.05, 0.1) is 20.5 Å². The van der Waals surface area contributed by atoms with Gasteiger partial charge in [-0.25, -0.2) is 4.79 Å². The molecule has 0 atom stereocenters. The molecule has 0 aliphatic heterocycles. The minimum atomic E-state index is -0.468. The summed E-state index contributed by atoms with van der Waals surface area (Å²) in [6.45, 7) is 0. The van der Waals surface area contributed by atoms with E-state index in [1.807, 2.05) is 42.5 Å². The topological polar surface area (TPSA) is 48.7 Å². The molecular formula is C17H14O4. The molecule has 0 aliphatic carbocycles. The Morgan fingerprint density at radius 3 is 2.57 bits per heavy atom. The Bertz CT molecular complexity index is 842. The SMILES string of the molecule is CO/C=C(/C(=O)OC)c1cccc2c1oc1ccccc12. The second-order valence-electron chi connectivity index (χ2n) is 4.54. The minimum Gasteiger partial charge on any atom is -0.503 e. The van der Waals surface area contributed by atoms with Gasteiger partial charge in [0, 0.05) is 16.3 Å². The van der Waals surface area contributed by atoms with E-state index in [-0.39, 0.29) is 0 Å². The van der Waals surface area contributed by atoms with Crippen LogP contribution in [0.25, 0.3) is 27.5 Å². The molecule has 4 heteroatoms. The number of fused-ring (bicyclic) bond motifs is 3. The fourth-order valence-corrected chi connectivity index (χ4v) is 2.41. The van der Waals surface area contributed by atoms with Crippen molar-refractivity contribution in [3.05, 3.63) is 54.3 Å². The molecule has 3 aromatic rings. The number of carbonyl (C=O) groups is 1. The van der Waals surface area contributed by atoms with E-state index in [1.165, 1.54) is 20.5 Å². The van der Waals surface area contributed by atoms with Crippen LogP contribution in [0.4, 0.5) is 0 Å². The zero-order valence-electron chi connectivity index (χ0n) is 11.8. The van der Waals surface area contributed by atoms with E-state index in [2.05, 4.69) is 0 Å². The first-order chi connectivity index (χ1) is 10.3. The summed E-state index contributed by atoms with van der Waals surface area (Å²) in [7, 11) is 2.83. The fraction of sp³-hybridized carbons (Fsp3) is 0.118. The highest BCUT2D eigenvalue weighted by molar-refractivity contribution is 6.21. The standard InChI is InChI=1S/C17H14O4/c1-19-10-14(17(18)20-2)13-8-5-7-12-11-6-3-4-9-15(11)21-16(12)13/h3-10H,1-2H3/b14-10+. The van der Waals surface area contributed by atoms with Crippen molar-refractivity contribution < 1.29 is 18.7 Å². The van der Waals surface area contributed by atoms with Crippen LogP contribution in [0.3, 0.4) is 0 Å². The van der Waals surface area contributed by atoms with Crippen LogP contribution in [0.15, 0.2) is 53.1 Å². The molecule has 0 N–H and O–H groups in total. The number of esters is 1. The van der Waals surface area contributed by atoms with Gasteiger partial charge < -0.3 is 13.9 Å². The second kappa shape index (κ2) is 5.32. The molecule has 0 saturated heterocycles. The van der Waals surface area contributed by atoms with Crippen molar-refractivity contribution in [3.63, 3.8) is 0 Å². The van der Waals surface area contributed by atoms with Crippen LogP contribution in [-0.4, -0.2) is 20.2 Å². The quantitative estimate of drug-likeness (QED) is 0.417. The van der Waals surface area contributed by atoms with Crippen molar-refractivity contribution in [1.82, 2.24) is 0 Å². The highest BCUT2D eigenvalue weighted by Gasteiger charge is 2.19. The molecule has 2 aromatic carbocycles. The minimum absolute atomic E-state index is 0.324. The summed E-state index contributed by atoms with van der Waals surface area (Å²) in [5.41, 5.74) is 2.40. The predicted octanol–water partition coefficient (Wildman–Crippen LogP) is 3.75. The van der Waals surface area contributed by atoms with Gasteiger partial charge in [-0.15, -0.1) is 0 Å². The first kappa shape index (κ1) is 13.2. The van der Waals surface area contributed by atoms with Gasteiger partial charge in [0.1, 0.15) is 16.7 Å². The molecule has 106 valence electrons. The lowest BCUT2D eigenvalue weighted by atomic mass is 10.0. The van der Waals surface area contributed by atoms with E-state index in [4.69, 9.17) is 13.9 Å². The molecule has 0 spiro atoms. The van der Waals surface area contributed by atoms with Crippen molar-refractivity contribution in [1.29, 1.82) is 0 Å². The van der Waals surface area contributed by atoms with Crippen LogP contribution in [0, 0.1) is 0 Å². The zero-order chi connectivity index (χ0) is 14.8. The summed E-state index contributed by atoms with van der Waals surface area (Å²) in [4.78, 5) is 11.9. The van der Waals surface area contributed by atoms with Gasteiger partial charge in [0.25, 0.3) is 0 Å². The maximum absolute atomic E-state index is 11.9. The smallest absolute Gasteiger partial charge is 0.341 e. The van der Waals surface area contributed by atoms with Crippen LogP contribution in [0.1, 0.15) is 5.56 Å². The molecule has 0 bridgehead atoms. The molecule has 0 aliphatic rings. The summed E-state index contributed by atoms with van der Waals surface area (Å²) in [6, 6.07) is 13.4. The first-order valence-corrected chi connectivity index (χ1v) is 6.48. The van der Waals surface area contributed by atoms with Gasteiger partial charge >= 0.3 is 5.97 Å². The van der Waals surface area contributed by atoms with Gasteiger partial charge in [0.15, 0.2) is 0 Å². The number of methoxy groups -OCH3 is 2. The Labute approximate surface area is 121 Å². The third kappa shape index (κ3) is 2.14. The lowest BCUT2D eigenvalue weighted by Gasteiger charge is -2.05. The summed E-state index contributed by atoms with van der Waals surface area (Å²) < 4.78 is 15.7. The number of benzene rings is 2. The molecule has 1 heterocycles. The molecule has 4 nitrogen and oxygen atoms in total. The second-order valence-corrected chi connectivity index (χ2v) is 4.54. The molecule has 1 aromatic heterocycles. The number of carbonyl (C=O) groups excluding carboxylic acids is 1. The Morgan fingerprint density at radius 1 is 1.05 bits per heavy atom. The molecule has 21 heavy (non-hydrogen) atoms. The Kier molecular flexibility index (Phi) is 3.36. The van der Waals surface area contributed by atoms with Crippen molar-refractivity contribution in [2.45, 2.75) is 0 Å². The Hall–Kier alpha value is -2.75. The van der Waals surface area contributed by atoms with Crippen LogP contribution in [0.5, 0.6) is 0 Å². The highest BCUT2D eigenvalue weighted by atomic mass is 16.5. The van der Waals surface area contributed by atoms with Crippen molar-refractivity contribution in [3.8, 4) is 0 Å². The molecule has 0 unspecified atom stereocenters. The predicted molar refractivity (Wildman–Crippen MR) is 80.7 cm³/mol. The van der Waals surface area contributed by atoms with Crippen molar-refractivity contribution in [2.24, 2.45) is 0 Å². The molecule has 0 amide bonds. The lowest BCUT2D eigenvalue weighted by molar-refractivity contribution is -0.133. The zero-order valence-corrected chi connectivity index (χ0v) is 11.8. The fourth-order valence-electron chi connectivity index (χ4n) is 2.41. The van der Waals surface area contributed by atoms with Crippen molar-refractivity contribution >= 4 is 33.5 Å². The van der Waals surface area contributed by atoms with E-state index < -0.39 is 5.97 Å². The number of rotatable bonds is 3. The van der Waals surface area contributed by atoms with Gasteiger partial charge in [-0.05, 0) is 6.07 Å². The van der Waals surface area contributed by atoms with Gasteiger partial charge in [0.2, 0.25) is 0 Å². The maximum atomic E-state index is 11.9. The number of hydrogen-bond acceptors (Lipinski definition) is 4. The first-order valence-electron chi connectivity index (χ1n) is 6.48. The maximum Gasteiger partial charge on any atom is 0.341 e. The van der Waals surface area contributed by atoms with Crippen LogP contribution < -0.4 is 0 Å². The summed E-state index contributed by atoms with van der Waals surface area (Å²) >= 11 is 0. The van der Waals surface area contributed by atoms with Crippen molar-refractivity contribution in [2.75, 3.05) is 14.2 Å². The average Bonchev–Trinajstić information content (AvgIpc) is 2.91. The van der Waals surface area contributed by atoms with Gasteiger partial charge in [-0.2, -0.15) is 0 Å². The van der Waals surface area contributed by atoms with Crippen LogP contribution in [-0.2, 0) is 14.3 Å². The number of para-hydroxylation sites is 2. The normalized spacial score (nSPS) is 11.8. The van der Waals surface area contributed by atoms with Crippen LogP contribution in [0.2, 0.25) is 0 Å². The number of furan rings is 1. The van der Waals surface area contributed by atoms with E-state index in [0.717, 1.165) is 16.4 Å². The molecule has 3 rings (SSSR count). The van der Waals surface area contributed by atoms with Gasteiger partial charge in [-0.3, -0.25) is 0 Å². The summed E-state index contributed by atoms with van der Waals surface area (Å²) in [5.74, 6) is -0.468. The molecule has 0 radical (unpaired) electrons. The highest BCUT2D eigenvalue weighted by Crippen LogP contribution is 2.33. The third-order valence-corrected chi connectivity index (χ3v) is 3.34. The van der Waals surface area contributed by atoms with E-state index >= 15 is 0 Å². The summed E-state index contributed by atoms with van der Waals surface area (Å²) in [6.07, 6.45) is 1.37. The van der Waals surface area contributed by atoms with E-state index in [1.54, 1.807) is 0 Å². The average molecular weight is 282 g/mol. The molecule has 0 saturated carbocycles. The van der Waals surface area contributed by atoms with Crippen LogP contribution >= 0.6 is 0 Å². The number of hydrogen-bond donors (Lipinski definition) is 0. The largest absolute Gasteiger partial charge is 0.503 e. The molecular weight excluding hydrogens is 268 g/mol. The third-order valence-electron chi connectivity index (χ3n) is 3.34. The summed E-state index contributed by atoms with van der Waals surface area (Å²) in [5, 5.41) is 1.96. The number of ether oxygens (including phenoxy) is 2. The molecule has 0 fully saturated rings. The van der Waals surface area contributed by atoms with E-state index in [0.29, 0.717) is 16.7 Å². The van der Waals surface area contributed by atoms with E-state index in [9.17, 15) is 4.79 Å². The lowest BCUT2D eigenvalue weighted by Crippen LogP contribution is -2.04. The van der Waals surface area contributed by atoms with Gasteiger partial charge in [-0.1, -0.05) is 36.4 Å². The Balaban J connectivity index is 2.32. The monoisotopic (exact) mass is 282 g/mol.